The predicted molar refractivity (Wildman–Crippen MR) is 65.7 cm³/mol. The number of rotatable bonds is 8. The van der Waals surface area contributed by atoms with E-state index in [9.17, 15) is 9.59 Å². The first-order valence-corrected chi connectivity index (χ1v) is 6.35. The fraction of sp³-hybridized carbons (Fsp3) is 0.692. The molecule has 0 atom stereocenters. The second-order valence-electron chi connectivity index (χ2n) is 4.46. The van der Waals surface area contributed by atoms with E-state index < -0.39 is 5.97 Å². The van der Waals surface area contributed by atoms with Gasteiger partial charge in [0.15, 0.2) is 0 Å². The Hall–Kier alpha value is -1.32. The molecule has 4 nitrogen and oxygen atoms in total. The van der Waals surface area contributed by atoms with Crippen LogP contribution in [0.15, 0.2) is 11.6 Å². The molecule has 96 valence electrons. The van der Waals surface area contributed by atoms with E-state index in [0.29, 0.717) is 25.8 Å². The van der Waals surface area contributed by atoms with E-state index in [0.717, 1.165) is 6.42 Å². The lowest BCUT2D eigenvalue weighted by molar-refractivity contribution is -0.137. The van der Waals surface area contributed by atoms with Crippen molar-refractivity contribution in [2.24, 2.45) is 0 Å². The van der Waals surface area contributed by atoms with Crippen molar-refractivity contribution in [1.82, 2.24) is 5.32 Å². The Morgan fingerprint density at radius 1 is 1.29 bits per heavy atom. The Labute approximate surface area is 102 Å². The Balaban J connectivity index is 1.95. The smallest absolute Gasteiger partial charge is 0.303 e. The first-order chi connectivity index (χ1) is 8.18. The van der Waals surface area contributed by atoms with Crippen molar-refractivity contribution in [3.8, 4) is 0 Å². The van der Waals surface area contributed by atoms with Gasteiger partial charge in [-0.2, -0.15) is 0 Å². The van der Waals surface area contributed by atoms with Crippen LogP contribution in [0.2, 0.25) is 0 Å². The van der Waals surface area contributed by atoms with Crippen LogP contribution in [0.1, 0.15) is 51.4 Å². The summed E-state index contributed by atoms with van der Waals surface area (Å²) < 4.78 is 0. The Bertz CT molecular complexity index is 297. The van der Waals surface area contributed by atoms with Gasteiger partial charge in [-0.1, -0.05) is 11.6 Å². The summed E-state index contributed by atoms with van der Waals surface area (Å²) in [5, 5.41) is 11.3. The van der Waals surface area contributed by atoms with Crippen LogP contribution in [0.25, 0.3) is 0 Å². The number of carboxylic acids is 1. The van der Waals surface area contributed by atoms with Crippen LogP contribution < -0.4 is 5.32 Å². The SMILES string of the molecule is O=C(O)CCCCC(=O)NCCC1=CCCC1. The van der Waals surface area contributed by atoms with Gasteiger partial charge < -0.3 is 10.4 Å². The summed E-state index contributed by atoms with van der Waals surface area (Å²) >= 11 is 0. The van der Waals surface area contributed by atoms with Crippen LogP contribution in [-0.4, -0.2) is 23.5 Å². The Morgan fingerprint density at radius 3 is 2.71 bits per heavy atom. The molecule has 0 aromatic heterocycles. The lowest BCUT2D eigenvalue weighted by atomic mass is 10.1. The lowest BCUT2D eigenvalue weighted by Crippen LogP contribution is -2.24. The van der Waals surface area contributed by atoms with Crippen molar-refractivity contribution in [3.63, 3.8) is 0 Å². The quantitative estimate of drug-likeness (QED) is 0.504. The molecule has 0 saturated heterocycles. The van der Waals surface area contributed by atoms with Crippen molar-refractivity contribution in [1.29, 1.82) is 0 Å². The summed E-state index contributed by atoms with van der Waals surface area (Å²) in [6, 6.07) is 0. The first-order valence-electron chi connectivity index (χ1n) is 6.35. The zero-order valence-electron chi connectivity index (χ0n) is 10.2. The predicted octanol–water partition coefficient (Wildman–Crippen LogP) is 2.25. The third kappa shape index (κ3) is 6.76. The highest BCUT2D eigenvalue weighted by molar-refractivity contribution is 5.75. The number of carbonyl (C=O) groups is 2. The molecule has 1 aliphatic carbocycles. The molecular weight excluding hydrogens is 218 g/mol. The third-order valence-electron chi connectivity index (χ3n) is 2.95. The average Bonchev–Trinajstić information content (AvgIpc) is 2.77. The van der Waals surface area contributed by atoms with Crippen LogP contribution in [0.3, 0.4) is 0 Å². The second kappa shape index (κ2) is 7.87. The molecule has 1 rings (SSSR count). The third-order valence-corrected chi connectivity index (χ3v) is 2.95. The molecule has 0 spiro atoms. The fourth-order valence-electron chi connectivity index (χ4n) is 1.98. The van der Waals surface area contributed by atoms with Crippen molar-refractivity contribution < 1.29 is 14.7 Å². The zero-order chi connectivity index (χ0) is 12.5. The average molecular weight is 239 g/mol. The number of hydrogen-bond acceptors (Lipinski definition) is 2. The number of unbranched alkanes of at least 4 members (excludes halogenated alkanes) is 1. The molecule has 0 saturated carbocycles. The molecule has 0 aromatic carbocycles. The molecule has 0 aliphatic heterocycles. The van der Waals surface area contributed by atoms with Gasteiger partial charge in [0, 0.05) is 19.4 Å². The standard InChI is InChI=1S/C13H21NO3/c15-12(7-3-4-8-13(16)17)14-10-9-11-5-1-2-6-11/h5H,1-4,6-10H2,(H,14,15)(H,16,17). The largest absolute Gasteiger partial charge is 0.481 e. The van der Waals surface area contributed by atoms with E-state index in [1.807, 2.05) is 0 Å². The van der Waals surface area contributed by atoms with Crippen LogP contribution >= 0.6 is 0 Å². The minimum absolute atomic E-state index is 0.0361. The number of amides is 1. The van der Waals surface area contributed by atoms with E-state index in [1.165, 1.54) is 24.8 Å². The van der Waals surface area contributed by atoms with Gasteiger partial charge in [-0.3, -0.25) is 9.59 Å². The van der Waals surface area contributed by atoms with Gasteiger partial charge in [0.25, 0.3) is 0 Å². The van der Waals surface area contributed by atoms with Gasteiger partial charge in [-0.25, -0.2) is 0 Å². The molecular formula is C13H21NO3. The molecule has 0 unspecified atom stereocenters. The maximum atomic E-state index is 11.4. The Kier molecular flexibility index (Phi) is 6.37. The molecule has 0 fully saturated rings. The summed E-state index contributed by atoms with van der Waals surface area (Å²) in [5.41, 5.74) is 1.45. The lowest BCUT2D eigenvalue weighted by Gasteiger charge is -2.05. The van der Waals surface area contributed by atoms with E-state index in [-0.39, 0.29) is 12.3 Å². The first kappa shape index (κ1) is 13.7. The Morgan fingerprint density at radius 2 is 2.06 bits per heavy atom. The number of allylic oxidation sites excluding steroid dienone is 1. The zero-order valence-corrected chi connectivity index (χ0v) is 10.2. The van der Waals surface area contributed by atoms with Gasteiger partial charge in [-0.05, 0) is 38.5 Å². The van der Waals surface area contributed by atoms with E-state index in [4.69, 9.17) is 5.11 Å². The minimum atomic E-state index is -0.793. The summed E-state index contributed by atoms with van der Waals surface area (Å²) in [5.74, 6) is -0.757. The number of nitrogens with one attached hydrogen (secondary N) is 1. The van der Waals surface area contributed by atoms with Gasteiger partial charge in [0.2, 0.25) is 5.91 Å². The number of aliphatic carboxylic acids is 1. The van der Waals surface area contributed by atoms with Gasteiger partial charge in [-0.15, -0.1) is 0 Å². The minimum Gasteiger partial charge on any atom is -0.481 e. The van der Waals surface area contributed by atoms with E-state index in [1.54, 1.807) is 0 Å². The molecule has 4 heteroatoms. The van der Waals surface area contributed by atoms with Crippen molar-refractivity contribution >= 4 is 11.9 Å². The normalized spacial score (nSPS) is 14.5. The summed E-state index contributed by atoms with van der Waals surface area (Å²) in [6.45, 7) is 0.712. The van der Waals surface area contributed by atoms with Crippen molar-refractivity contribution in [2.75, 3.05) is 6.54 Å². The molecule has 1 amide bonds. The van der Waals surface area contributed by atoms with E-state index >= 15 is 0 Å². The highest BCUT2D eigenvalue weighted by atomic mass is 16.4. The van der Waals surface area contributed by atoms with Crippen LogP contribution in [-0.2, 0) is 9.59 Å². The van der Waals surface area contributed by atoms with Crippen molar-refractivity contribution in [3.05, 3.63) is 11.6 Å². The van der Waals surface area contributed by atoms with Gasteiger partial charge in [0.05, 0.1) is 0 Å². The van der Waals surface area contributed by atoms with Gasteiger partial charge >= 0.3 is 5.97 Å². The summed E-state index contributed by atoms with van der Waals surface area (Å²) in [4.78, 5) is 21.6. The molecule has 0 heterocycles. The summed E-state index contributed by atoms with van der Waals surface area (Å²) in [6.07, 6.45) is 8.65. The molecule has 1 aliphatic rings. The van der Waals surface area contributed by atoms with Crippen LogP contribution in [0.4, 0.5) is 0 Å². The van der Waals surface area contributed by atoms with Crippen LogP contribution in [0, 0.1) is 0 Å². The van der Waals surface area contributed by atoms with E-state index in [2.05, 4.69) is 11.4 Å². The number of hydrogen-bond donors (Lipinski definition) is 2. The highest BCUT2D eigenvalue weighted by Gasteiger charge is 2.06. The van der Waals surface area contributed by atoms with Gasteiger partial charge in [0.1, 0.15) is 0 Å². The number of carbonyl (C=O) groups excluding carboxylic acids is 1. The second-order valence-corrected chi connectivity index (χ2v) is 4.46. The monoisotopic (exact) mass is 239 g/mol. The molecule has 17 heavy (non-hydrogen) atoms. The van der Waals surface area contributed by atoms with Crippen molar-refractivity contribution in [2.45, 2.75) is 51.4 Å². The molecule has 0 radical (unpaired) electrons. The highest BCUT2D eigenvalue weighted by Crippen LogP contribution is 2.19. The molecule has 2 N–H and O–H groups in total. The molecule has 0 bridgehead atoms. The summed E-state index contributed by atoms with van der Waals surface area (Å²) in [7, 11) is 0. The maximum absolute atomic E-state index is 11.4. The number of carboxylic acid groups (broad SMARTS) is 1. The molecule has 0 aromatic rings. The van der Waals surface area contributed by atoms with Crippen LogP contribution in [0.5, 0.6) is 0 Å². The maximum Gasteiger partial charge on any atom is 0.303 e. The fourth-order valence-corrected chi connectivity index (χ4v) is 1.98. The topological polar surface area (TPSA) is 66.4 Å².